The minimum Gasteiger partial charge on any atom is -0.494 e. The number of hydrogen-bond acceptors (Lipinski definition) is 8. The first-order valence-corrected chi connectivity index (χ1v) is 10.8. The number of rotatable bonds is 8. The average molecular weight is 463 g/mol. The molecular weight excluding hydrogens is 436 g/mol. The number of nitrogens with two attached hydrogens (primary N) is 1. The summed E-state index contributed by atoms with van der Waals surface area (Å²) in [6.45, 7) is 4.83. The van der Waals surface area contributed by atoms with Crippen molar-refractivity contribution in [2.75, 3.05) is 27.4 Å². The van der Waals surface area contributed by atoms with Crippen molar-refractivity contribution < 1.29 is 23.7 Å². The molecule has 0 spiro atoms. The Labute approximate surface area is 197 Å². The van der Waals surface area contributed by atoms with Crippen LogP contribution in [0, 0.1) is 11.3 Å². The normalized spacial score (nSPS) is 14.6. The third-order valence-corrected chi connectivity index (χ3v) is 5.51. The van der Waals surface area contributed by atoms with E-state index < -0.39 is 5.92 Å². The second-order valence-corrected chi connectivity index (χ2v) is 7.38. The zero-order valence-corrected chi connectivity index (χ0v) is 19.5. The summed E-state index contributed by atoms with van der Waals surface area (Å²) < 4.78 is 28.1. The number of aromatic amines is 1. The highest BCUT2D eigenvalue weighted by atomic mass is 16.5. The van der Waals surface area contributed by atoms with E-state index in [1.165, 1.54) is 0 Å². The Morgan fingerprint density at radius 1 is 1.03 bits per heavy atom. The molecule has 9 nitrogen and oxygen atoms in total. The van der Waals surface area contributed by atoms with E-state index in [0.717, 1.165) is 11.1 Å². The fourth-order valence-electron chi connectivity index (χ4n) is 4.06. The van der Waals surface area contributed by atoms with Crippen LogP contribution in [-0.2, 0) is 0 Å². The van der Waals surface area contributed by atoms with Crippen molar-refractivity contribution in [1.82, 2.24) is 10.2 Å². The highest BCUT2D eigenvalue weighted by molar-refractivity contribution is 5.76. The van der Waals surface area contributed by atoms with Crippen LogP contribution in [0.4, 0.5) is 0 Å². The second kappa shape index (κ2) is 9.67. The predicted molar refractivity (Wildman–Crippen MR) is 125 cm³/mol. The number of nitriles is 1. The van der Waals surface area contributed by atoms with Gasteiger partial charge in [-0.05, 0) is 43.7 Å². The Balaban J connectivity index is 1.92. The minimum atomic E-state index is -0.552. The summed E-state index contributed by atoms with van der Waals surface area (Å²) in [5, 5.41) is 17.4. The Bertz CT molecular complexity index is 1270. The molecule has 0 saturated heterocycles. The minimum absolute atomic E-state index is 0.00422. The fraction of sp³-hybridized carbons (Fsp3) is 0.280. The van der Waals surface area contributed by atoms with Gasteiger partial charge in [-0.3, -0.25) is 5.10 Å². The summed E-state index contributed by atoms with van der Waals surface area (Å²) in [4.78, 5) is 0. The molecule has 1 aliphatic heterocycles. The maximum absolute atomic E-state index is 9.98. The molecule has 0 amide bonds. The number of benzene rings is 2. The molecule has 4 rings (SSSR count). The highest BCUT2D eigenvalue weighted by Crippen LogP contribution is 2.48. The molecule has 176 valence electrons. The molecule has 0 radical (unpaired) electrons. The van der Waals surface area contributed by atoms with Gasteiger partial charge in [0.15, 0.2) is 11.5 Å². The van der Waals surface area contributed by atoms with Gasteiger partial charge >= 0.3 is 0 Å². The Kier molecular flexibility index (Phi) is 6.50. The van der Waals surface area contributed by atoms with Gasteiger partial charge in [-0.2, -0.15) is 5.26 Å². The van der Waals surface area contributed by atoms with E-state index in [1.54, 1.807) is 20.3 Å². The molecule has 2 aromatic carbocycles. The highest BCUT2D eigenvalue weighted by Gasteiger charge is 2.36. The standard InChI is InChI=1S/C25H26N4O5/c1-5-32-15-8-9-16(19(12-15)33-6-2)23-22-21(14-7-10-18(30-3)20(11-14)31-4)17(13-26)24(27)34-25(22)29-28-23/h7-12,21H,5-6,27H2,1-4H3,(H,28,29)/t21-/m0/s1. The smallest absolute Gasteiger partial charge is 0.244 e. The maximum Gasteiger partial charge on any atom is 0.244 e. The first kappa shape index (κ1) is 22.9. The van der Waals surface area contributed by atoms with E-state index >= 15 is 0 Å². The molecule has 0 bridgehead atoms. The summed E-state index contributed by atoms with van der Waals surface area (Å²) in [6.07, 6.45) is 0. The van der Waals surface area contributed by atoms with Crippen LogP contribution in [0.5, 0.6) is 28.9 Å². The number of fused-ring (bicyclic) bond motifs is 1. The lowest BCUT2D eigenvalue weighted by molar-refractivity contribution is 0.324. The molecule has 1 atom stereocenters. The lowest BCUT2D eigenvalue weighted by Gasteiger charge is -2.25. The van der Waals surface area contributed by atoms with Gasteiger partial charge in [-0.1, -0.05) is 6.07 Å². The molecule has 3 aromatic rings. The van der Waals surface area contributed by atoms with E-state index in [4.69, 9.17) is 29.4 Å². The number of nitrogens with zero attached hydrogens (tertiary/aromatic N) is 2. The van der Waals surface area contributed by atoms with Gasteiger partial charge in [0.1, 0.15) is 23.1 Å². The van der Waals surface area contributed by atoms with E-state index in [2.05, 4.69) is 16.3 Å². The summed E-state index contributed by atoms with van der Waals surface area (Å²) in [5.74, 6) is 2.16. The average Bonchev–Trinajstić information content (AvgIpc) is 3.26. The third-order valence-electron chi connectivity index (χ3n) is 5.51. The zero-order valence-electron chi connectivity index (χ0n) is 19.5. The van der Waals surface area contributed by atoms with Crippen molar-refractivity contribution in [2.45, 2.75) is 19.8 Å². The predicted octanol–water partition coefficient (Wildman–Crippen LogP) is 4.11. The largest absolute Gasteiger partial charge is 0.494 e. The molecule has 3 N–H and O–H groups in total. The van der Waals surface area contributed by atoms with Crippen molar-refractivity contribution in [1.29, 1.82) is 5.26 Å². The van der Waals surface area contributed by atoms with Crippen LogP contribution in [-0.4, -0.2) is 37.6 Å². The number of nitrogens with one attached hydrogen (secondary N) is 1. The zero-order chi connectivity index (χ0) is 24.2. The molecule has 1 aromatic heterocycles. The number of hydrogen-bond donors (Lipinski definition) is 2. The summed E-state index contributed by atoms with van der Waals surface area (Å²) in [5.41, 5.74) is 9.24. The van der Waals surface area contributed by atoms with Gasteiger partial charge in [0.05, 0.1) is 44.6 Å². The Morgan fingerprint density at radius 2 is 1.79 bits per heavy atom. The van der Waals surface area contributed by atoms with Crippen molar-refractivity contribution in [3.8, 4) is 46.2 Å². The number of ether oxygens (including phenoxy) is 5. The van der Waals surface area contributed by atoms with Crippen LogP contribution >= 0.6 is 0 Å². The second-order valence-electron chi connectivity index (χ2n) is 7.38. The topological polar surface area (TPSA) is 125 Å². The first-order valence-electron chi connectivity index (χ1n) is 10.8. The maximum atomic E-state index is 9.98. The van der Waals surface area contributed by atoms with Crippen LogP contribution in [0.3, 0.4) is 0 Å². The summed E-state index contributed by atoms with van der Waals surface area (Å²) in [6, 6.07) is 13.3. The van der Waals surface area contributed by atoms with Crippen molar-refractivity contribution in [2.24, 2.45) is 5.73 Å². The van der Waals surface area contributed by atoms with Crippen LogP contribution < -0.4 is 29.4 Å². The Morgan fingerprint density at radius 3 is 2.47 bits per heavy atom. The first-order chi connectivity index (χ1) is 16.6. The SMILES string of the molecule is CCOc1ccc(-c2[nH]nc3c2[C@@H](c2ccc(OC)c(OC)c2)C(C#N)=C(N)O3)c(OCC)c1. The summed E-state index contributed by atoms with van der Waals surface area (Å²) >= 11 is 0. The Hall–Kier alpha value is -4.32. The van der Waals surface area contributed by atoms with E-state index in [0.29, 0.717) is 53.3 Å². The van der Waals surface area contributed by atoms with Gasteiger partial charge in [-0.15, -0.1) is 5.10 Å². The van der Waals surface area contributed by atoms with Crippen LogP contribution in [0.25, 0.3) is 11.3 Å². The lowest BCUT2D eigenvalue weighted by atomic mass is 9.82. The number of allylic oxidation sites excluding steroid dienone is 1. The van der Waals surface area contributed by atoms with Crippen LogP contribution in [0.15, 0.2) is 47.9 Å². The van der Waals surface area contributed by atoms with E-state index in [-0.39, 0.29) is 11.5 Å². The number of H-pyrrole nitrogens is 1. The molecule has 0 aliphatic carbocycles. The third kappa shape index (κ3) is 3.94. The monoisotopic (exact) mass is 462 g/mol. The van der Waals surface area contributed by atoms with Gasteiger partial charge < -0.3 is 29.4 Å². The number of methoxy groups -OCH3 is 2. The van der Waals surface area contributed by atoms with Crippen LogP contribution in [0.1, 0.15) is 30.9 Å². The van der Waals surface area contributed by atoms with Crippen molar-refractivity contribution in [3.05, 3.63) is 59.0 Å². The lowest BCUT2D eigenvalue weighted by Crippen LogP contribution is -2.21. The number of aromatic nitrogens is 2. The van der Waals surface area contributed by atoms with Gasteiger partial charge in [0.25, 0.3) is 0 Å². The quantitative estimate of drug-likeness (QED) is 0.512. The molecule has 9 heteroatoms. The molecule has 0 fully saturated rings. The van der Waals surface area contributed by atoms with Crippen molar-refractivity contribution >= 4 is 0 Å². The van der Waals surface area contributed by atoms with Crippen LogP contribution in [0.2, 0.25) is 0 Å². The van der Waals surface area contributed by atoms with Gasteiger partial charge in [0.2, 0.25) is 11.8 Å². The van der Waals surface area contributed by atoms with Crippen molar-refractivity contribution in [3.63, 3.8) is 0 Å². The van der Waals surface area contributed by atoms with Gasteiger partial charge in [-0.25, -0.2) is 0 Å². The van der Waals surface area contributed by atoms with Gasteiger partial charge in [0, 0.05) is 11.6 Å². The summed E-state index contributed by atoms with van der Waals surface area (Å²) in [7, 11) is 3.13. The molecule has 2 heterocycles. The molecule has 34 heavy (non-hydrogen) atoms. The molecule has 0 saturated carbocycles. The van der Waals surface area contributed by atoms with E-state index in [9.17, 15) is 5.26 Å². The van der Waals surface area contributed by atoms with E-state index in [1.807, 2.05) is 44.2 Å². The fourth-order valence-corrected chi connectivity index (χ4v) is 4.06. The molecule has 1 aliphatic rings. The molecule has 0 unspecified atom stereocenters. The molecular formula is C25H26N4O5.